The molecule has 4 rings (SSSR count). The molecule has 1 saturated carbocycles. The third-order valence-electron chi connectivity index (χ3n) is 4.52. The zero-order valence-electron chi connectivity index (χ0n) is 14.3. The van der Waals surface area contributed by atoms with E-state index in [0.29, 0.717) is 12.1 Å². The van der Waals surface area contributed by atoms with E-state index < -0.39 is 5.69 Å². The lowest BCUT2D eigenvalue weighted by molar-refractivity contribution is -0.121. The molecular formula is C18H18N4O3S. The number of benzene rings is 1. The second kappa shape index (κ2) is 6.53. The molecule has 0 unspecified atom stereocenters. The highest BCUT2D eigenvalue weighted by Gasteiger charge is 2.29. The van der Waals surface area contributed by atoms with Crippen molar-refractivity contribution in [1.82, 2.24) is 18.8 Å². The minimum absolute atomic E-state index is 0.0667. The van der Waals surface area contributed by atoms with Crippen LogP contribution in [0, 0.1) is 6.92 Å². The number of amides is 1. The number of hydrogen-bond donors (Lipinski definition) is 1. The molecule has 134 valence electrons. The Morgan fingerprint density at radius 3 is 2.69 bits per heavy atom. The first-order chi connectivity index (χ1) is 12.5. The van der Waals surface area contributed by atoms with Crippen LogP contribution in [0.1, 0.15) is 30.0 Å². The first kappa shape index (κ1) is 16.7. The molecule has 0 bridgehead atoms. The number of aryl methyl sites for hydroxylation is 1. The van der Waals surface area contributed by atoms with Crippen LogP contribution in [0.3, 0.4) is 0 Å². The number of hydrogen-bond acceptors (Lipinski definition) is 5. The van der Waals surface area contributed by atoms with Crippen molar-refractivity contribution in [3.8, 4) is 0 Å². The first-order valence-electron chi connectivity index (χ1n) is 8.46. The van der Waals surface area contributed by atoms with Crippen LogP contribution >= 0.6 is 11.5 Å². The summed E-state index contributed by atoms with van der Waals surface area (Å²) >= 11 is 1.11. The highest BCUT2D eigenvalue weighted by atomic mass is 32.1. The topological polar surface area (TPSA) is 86.0 Å². The summed E-state index contributed by atoms with van der Waals surface area (Å²) in [6.45, 7) is 2.26. The summed E-state index contributed by atoms with van der Waals surface area (Å²) in [6, 6.07) is 7.81. The van der Waals surface area contributed by atoms with E-state index in [-0.39, 0.29) is 29.6 Å². The van der Waals surface area contributed by atoms with Crippen molar-refractivity contribution >= 4 is 28.5 Å². The van der Waals surface area contributed by atoms with E-state index >= 15 is 0 Å². The maximum atomic E-state index is 12.8. The molecule has 0 radical (unpaired) electrons. The molecule has 2 aromatic heterocycles. The van der Waals surface area contributed by atoms with Gasteiger partial charge in [-0.3, -0.25) is 18.7 Å². The van der Waals surface area contributed by atoms with Crippen molar-refractivity contribution in [2.45, 2.75) is 38.9 Å². The highest BCUT2D eigenvalue weighted by Crippen LogP contribution is 2.32. The number of carbonyl (C=O) groups excluding carboxylic acids is 1. The van der Waals surface area contributed by atoms with Gasteiger partial charge in [0.1, 0.15) is 6.54 Å². The lowest BCUT2D eigenvalue weighted by Gasteiger charge is -2.11. The van der Waals surface area contributed by atoms with Gasteiger partial charge in [0.05, 0.1) is 5.52 Å². The van der Waals surface area contributed by atoms with Crippen LogP contribution in [-0.2, 0) is 17.9 Å². The van der Waals surface area contributed by atoms with Gasteiger partial charge in [-0.2, -0.15) is 4.37 Å². The fourth-order valence-electron chi connectivity index (χ4n) is 2.92. The SMILES string of the molecule is Cc1ccc(CNC(=O)Cn2c(=O)n(C3CC3)c(=O)c3nscc32)cc1. The number of fused-ring (bicyclic) bond motifs is 1. The van der Waals surface area contributed by atoms with Gasteiger partial charge in [-0.05, 0) is 36.9 Å². The fraction of sp³-hybridized carbons (Fsp3) is 0.333. The second-order valence-corrected chi connectivity index (χ2v) is 7.21. The molecular weight excluding hydrogens is 352 g/mol. The van der Waals surface area contributed by atoms with Crippen LogP contribution in [0.25, 0.3) is 11.0 Å². The van der Waals surface area contributed by atoms with Crippen molar-refractivity contribution in [1.29, 1.82) is 0 Å². The quantitative estimate of drug-likeness (QED) is 0.739. The van der Waals surface area contributed by atoms with Gasteiger partial charge in [-0.15, -0.1) is 0 Å². The van der Waals surface area contributed by atoms with Crippen LogP contribution < -0.4 is 16.6 Å². The summed E-state index contributed by atoms with van der Waals surface area (Å²) in [5, 5.41) is 4.47. The zero-order chi connectivity index (χ0) is 18.3. The molecule has 2 heterocycles. The molecule has 0 spiro atoms. The van der Waals surface area contributed by atoms with E-state index in [0.717, 1.165) is 35.5 Å². The molecule has 26 heavy (non-hydrogen) atoms. The summed E-state index contributed by atoms with van der Waals surface area (Å²) in [6.07, 6.45) is 1.62. The Labute approximate surface area is 153 Å². The summed E-state index contributed by atoms with van der Waals surface area (Å²) < 4.78 is 6.71. The van der Waals surface area contributed by atoms with E-state index in [4.69, 9.17) is 0 Å². The van der Waals surface area contributed by atoms with Gasteiger partial charge in [0.15, 0.2) is 5.52 Å². The molecule has 8 heteroatoms. The molecule has 1 aliphatic carbocycles. The van der Waals surface area contributed by atoms with Crippen molar-refractivity contribution in [2.75, 3.05) is 0 Å². The summed E-state index contributed by atoms with van der Waals surface area (Å²) in [7, 11) is 0. The molecule has 3 aromatic rings. The van der Waals surface area contributed by atoms with Gasteiger partial charge in [-0.25, -0.2) is 4.79 Å². The standard InChI is InChI=1S/C18H18N4O3S/c1-11-2-4-12(5-3-11)8-19-15(23)9-21-14-10-26-20-16(14)17(24)22(18(21)25)13-6-7-13/h2-5,10,13H,6-9H2,1H3,(H,19,23). The van der Waals surface area contributed by atoms with E-state index in [2.05, 4.69) is 9.69 Å². The van der Waals surface area contributed by atoms with Crippen LogP contribution in [0.5, 0.6) is 0 Å². The van der Waals surface area contributed by atoms with Crippen molar-refractivity contribution in [3.63, 3.8) is 0 Å². The first-order valence-corrected chi connectivity index (χ1v) is 9.30. The summed E-state index contributed by atoms with van der Waals surface area (Å²) in [5.41, 5.74) is 2.03. The third-order valence-corrected chi connectivity index (χ3v) is 5.14. The van der Waals surface area contributed by atoms with E-state index in [9.17, 15) is 14.4 Å². The Morgan fingerprint density at radius 1 is 1.27 bits per heavy atom. The van der Waals surface area contributed by atoms with Gasteiger partial charge in [0, 0.05) is 18.0 Å². The monoisotopic (exact) mass is 370 g/mol. The van der Waals surface area contributed by atoms with Crippen LogP contribution in [0.4, 0.5) is 0 Å². The molecule has 0 atom stereocenters. The van der Waals surface area contributed by atoms with Gasteiger partial charge in [-0.1, -0.05) is 29.8 Å². The van der Waals surface area contributed by atoms with Crippen LogP contribution in [0.15, 0.2) is 39.2 Å². The number of nitrogens with one attached hydrogen (secondary N) is 1. The largest absolute Gasteiger partial charge is 0.350 e. The predicted molar refractivity (Wildman–Crippen MR) is 99.4 cm³/mol. The third kappa shape index (κ3) is 3.08. The predicted octanol–water partition coefficient (Wildman–Crippen LogP) is 1.58. The van der Waals surface area contributed by atoms with Crippen LogP contribution in [-0.4, -0.2) is 19.4 Å². The molecule has 1 N–H and O–H groups in total. The zero-order valence-corrected chi connectivity index (χ0v) is 15.1. The van der Waals surface area contributed by atoms with E-state index in [1.54, 1.807) is 5.38 Å². The Hall–Kier alpha value is -2.74. The fourth-order valence-corrected chi connectivity index (χ4v) is 3.59. The number of nitrogens with zero attached hydrogens (tertiary/aromatic N) is 3. The van der Waals surface area contributed by atoms with Crippen molar-refractivity contribution in [3.05, 3.63) is 61.6 Å². The Morgan fingerprint density at radius 2 is 2.00 bits per heavy atom. The second-order valence-electron chi connectivity index (χ2n) is 6.59. The molecule has 0 saturated heterocycles. The van der Waals surface area contributed by atoms with Gasteiger partial charge in [0.2, 0.25) is 5.91 Å². The molecule has 7 nitrogen and oxygen atoms in total. The number of carbonyl (C=O) groups is 1. The minimum atomic E-state index is -0.435. The van der Waals surface area contributed by atoms with Gasteiger partial charge < -0.3 is 5.32 Å². The van der Waals surface area contributed by atoms with Gasteiger partial charge >= 0.3 is 5.69 Å². The highest BCUT2D eigenvalue weighted by molar-refractivity contribution is 7.04. The Bertz CT molecular complexity index is 1090. The average Bonchev–Trinajstić information content (AvgIpc) is 3.33. The maximum Gasteiger partial charge on any atom is 0.332 e. The number of aromatic nitrogens is 3. The van der Waals surface area contributed by atoms with Gasteiger partial charge in [0.25, 0.3) is 5.56 Å². The van der Waals surface area contributed by atoms with E-state index in [1.807, 2.05) is 31.2 Å². The summed E-state index contributed by atoms with van der Waals surface area (Å²) in [5.74, 6) is -0.277. The molecule has 0 aliphatic heterocycles. The van der Waals surface area contributed by atoms with Crippen LogP contribution in [0.2, 0.25) is 0 Å². The molecule has 1 fully saturated rings. The maximum absolute atomic E-state index is 12.8. The van der Waals surface area contributed by atoms with Crippen molar-refractivity contribution in [2.24, 2.45) is 0 Å². The molecule has 1 aliphatic rings. The normalized spacial score (nSPS) is 13.9. The molecule has 1 aromatic carbocycles. The number of rotatable bonds is 5. The van der Waals surface area contributed by atoms with Crippen molar-refractivity contribution < 1.29 is 4.79 Å². The average molecular weight is 370 g/mol. The Balaban J connectivity index is 1.59. The lowest BCUT2D eigenvalue weighted by Crippen LogP contribution is -2.42. The Kier molecular flexibility index (Phi) is 4.20. The minimum Gasteiger partial charge on any atom is -0.350 e. The summed E-state index contributed by atoms with van der Waals surface area (Å²) in [4.78, 5) is 37.6. The smallest absolute Gasteiger partial charge is 0.332 e. The molecule has 1 amide bonds. The lowest BCUT2D eigenvalue weighted by atomic mass is 10.1. The van der Waals surface area contributed by atoms with E-state index in [1.165, 1.54) is 9.13 Å².